The zero-order valence-electron chi connectivity index (χ0n) is 12.9. The summed E-state index contributed by atoms with van der Waals surface area (Å²) in [7, 11) is -3.64. The Morgan fingerprint density at radius 3 is 2.48 bits per heavy atom. The molecular formula is C14H17N3O4S2. The summed E-state index contributed by atoms with van der Waals surface area (Å²) in [5.74, 6) is 0.244. The molecule has 23 heavy (non-hydrogen) atoms. The van der Waals surface area contributed by atoms with E-state index in [1.54, 1.807) is 24.8 Å². The Hall–Kier alpha value is -1.71. The number of carbonyl (C=O) groups excluding carboxylic acids is 1. The van der Waals surface area contributed by atoms with Crippen molar-refractivity contribution in [3.63, 3.8) is 0 Å². The summed E-state index contributed by atoms with van der Waals surface area (Å²) in [6.45, 7) is 4.48. The predicted octanol–water partition coefficient (Wildman–Crippen LogP) is 1.50. The van der Waals surface area contributed by atoms with Crippen LogP contribution in [0.5, 0.6) is 0 Å². The van der Waals surface area contributed by atoms with Crippen molar-refractivity contribution in [3.8, 4) is 0 Å². The van der Waals surface area contributed by atoms with E-state index in [1.165, 1.54) is 15.6 Å². The first-order chi connectivity index (χ1) is 10.9. The number of thiophene rings is 1. The highest BCUT2D eigenvalue weighted by atomic mass is 32.2. The molecule has 3 heterocycles. The number of aryl methyl sites for hydroxylation is 2. The van der Waals surface area contributed by atoms with Crippen LogP contribution in [0.25, 0.3) is 0 Å². The van der Waals surface area contributed by atoms with E-state index < -0.39 is 10.0 Å². The molecule has 9 heteroatoms. The predicted molar refractivity (Wildman–Crippen MR) is 85.0 cm³/mol. The van der Waals surface area contributed by atoms with Gasteiger partial charge in [-0.1, -0.05) is 11.2 Å². The van der Waals surface area contributed by atoms with Crippen LogP contribution in [0, 0.1) is 13.8 Å². The molecule has 0 N–H and O–H groups in total. The van der Waals surface area contributed by atoms with Crippen LogP contribution < -0.4 is 0 Å². The van der Waals surface area contributed by atoms with Gasteiger partial charge in [0, 0.05) is 26.2 Å². The lowest BCUT2D eigenvalue weighted by atomic mass is 10.3. The topological polar surface area (TPSA) is 83.7 Å². The van der Waals surface area contributed by atoms with Gasteiger partial charge in [-0.2, -0.15) is 4.31 Å². The largest absolute Gasteiger partial charge is 0.360 e. The normalized spacial score (nSPS) is 16.7. The van der Waals surface area contributed by atoms with Crippen molar-refractivity contribution in [2.45, 2.75) is 18.7 Å². The first-order valence-corrected chi connectivity index (χ1v) is 9.49. The second-order valence-corrected chi connectivity index (χ2v) is 8.15. The summed E-state index contributed by atoms with van der Waals surface area (Å²) in [5.41, 5.74) is 0.361. The van der Waals surface area contributed by atoms with Gasteiger partial charge in [-0.05, 0) is 25.3 Å². The molecule has 2 aromatic rings. The minimum Gasteiger partial charge on any atom is -0.360 e. The van der Waals surface area contributed by atoms with E-state index in [0.717, 1.165) is 0 Å². The maximum absolute atomic E-state index is 12.7. The first-order valence-electron chi connectivity index (χ1n) is 7.17. The zero-order chi connectivity index (χ0) is 16.6. The molecule has 3 rings (SSSR count). The lowest BCUT2D eigenvalue weighted by molar-refractivity contribution is 0.0702. The van der Waals surface area contributed by atoms with Crippen molar-refractivity contribution in [1.29, 1.82) is 0 Å². The molecule has 1 fully saturated rings. The highest BCUT2D eigenvalue weighted by Crippen LogP contribution is 2.24. The molecule has 1 aliphatic rings. The fraction of sp³-hybridized carbons (Fsp3) is 0.429. The number of piperazine rings is 1. The number of aromatic nitrogens is 1. The molecule has 1 amide bonds. The van der Waals surface area contributed by atoms with Crippen LogP contribution in [-0.2, 0) is 10.0 Å². The maximum Gasteiger partial charge on any atom is 0.264 e. The quantitative estimate of drug-likeness (QED) is 0.833. The third-order valence-corrected chi connectivity index (χ3v) is 6.83. The molecule has 0 saturated carbocycles. The van der Waals surface area contributed by atoms with Gasteiger partial charge in [0.25, 0.3) is 5.91 Å². The molecular weight excluding hydrogens is 338 g/mol. The minimum atomic E-state index is -3.64. The van der Waals surface area contributed by atoms with E-state index in [9.17, 15) is 13.2 Å². The molecule has 1 aliphatic heterocycles. The molecule has 0 atom stereocenters. The second kappa shape index (κ2) is 6.06. The highest BCUT2D eigenvalue weighted by molar-refractivity contribution is 7.89. The third-order valence-electron chi connectivity index (χ3n) is 3.82. The summed E-state index contributed by atoms with van der Waals surface area (Å²) in [5, 5.41) is 5.56. The monoisotopic (exact) mass is 355 g/mol. The van der Waals surface area contributed by atoms with Crippen LogP contribution in [0.4, 0.5) is 0 Å². The Kier molecular flexibility index (Phi) is 4.26. The summed E-state index contributed by atoms with van der Waals surface area (Å²) < 4.78 is 31.8. The van der Waals surface area contributed by atoms with Crippen LogP contribution in [-0.4, -0.2) is 54.9 Å². The van der Waals surface area contributed by atoms with Crippen molar-refractivity contribution in [2.24, 2.45) is 0 Å². The summed E-state index contributed by atoms with van der Waals surface area (Å²) in [6, 6.07) is 3.61. The molecule has 0 radical (unpaired) electrons. The van der Waals surface area contributed by atoms with Gasteiger partial charge in [0.05, 0.1) is 4.88 Å². The Morgan fingerprint density at radius 2 is 1.96 bits per heavy atom. The molecule has 7 nitrogen and oxygen atoms in total. The van der Waals surface area contributed by atoms with Gasteiger partial charge in [0.1, 0.15) is 10.6 Å². The molecule has 2 aromatic heterocycles. The Labute approximate surface area is 138 Å². The van der Waals surface area contributed by atoms with Crippen LogP contribution in [0.15, 0.2) is 26.9 Å². The first kappa shape index (κ1) is 16.2. The van der Waals surface area contributed by atoms with Crippen molar-refractivity contribution in [3.05, 3.63) is 33.8 Å². The zero-order valence-corrected chi connectivity index (χ0v) is 14.5. The van der Waals surface area contributed by atoms with Crippen molar-refractivity contribution >= 4 is 27.3 Å². The number of sulfonamides is 1. The summed E-state index contributed by atoms with van der Waals surface area (Å²) in [6.07, 6.45) is 0. The minimum absolute atomic E-state index is 0.0469. The fourth-order valence-corrected chi connectivity index (χ4v) is 5.06. The number of carbonyl (C=O) groups is 1. The molecule has 0 spiro atoms. The van der Waals surface area contributed by atoms with Gasteiger partial charge in [-0.25, -0.2) is 8.42 Å². The van der Waals surface area contributed by atoms with Crippen LogP contribution >= 0.6 is 11.3 Å². The smallest absolute Gasteiger partial charge is 0.264 e. The lowest BCUT2D eigenvalue weighted by Gasteiger charge is -2.33. The average molecular weight is 355 g/mol. The molecule has 124 valence electrons. The van der Waals surface area contributed by atoms with Gasteiger partial charge in [0.15, 0.2) is 5.76 Å². The number of nitrogens with zero attached hydrogens (tertiary/aromatic N) is 3. The molecule has 1 saturated heterocycles. The van der Waals surface area contributed by atoms with Crippen LogP contribution in [0.3, 0.4) is 0 Å². The molecule has 0 aromatic carbocycles. The second-order valence-electron chi connectivity index (χ2n) is 5.33. The SMILES string of the molecule is Cc1noc(C)c1S(=O)(=O)N1CCN(C(=O)c2cccs2)CC1. The van der Waals surface area contributed by atoms with E-state index in [2.05, 4.69) is 5.16 Å². The fourth-order valence-electron chi connectivity index (χ4n) is 2.66. The van der Waals surface area contributed by atoms with Gasteiger partial charge in [-0.15, -0.1) is 11.3 Å². The van der Waals surface area contributed by atoms with E-state index in [-0.39, 0.29) is 23.9 Å². The van der Waals surface area contributed by atoms with Crippen LogP contribution in [0.1, 0.15) is 21.1 Å². The van der Waals surface area contributed by atoms with E-state index in [4.69, 9.17) is 4.52 Å². The summed E-state index contributed by atoms with van der Waals surface area (Å²) >= 11 is 1.39. The van der Waals surface area contributed by atoms with E-state index in [1.807, 2.05) is 11.4 Å². The van der Waals surface area contributed by atoms with Gasteiger partial charge in [0.2, 0.25) is 10.0 Å². The molecule has 0 aliphatic carbocycles. The lowest BCUT2D eigenvalue weighted by Crippen LogP contribution is -2.50. The number of hydrogen-bond donors (Lipinski definition) is 0. The van der Waals surface area contributed by atoms with Gasteiger partial charge >= 0.3 is 0 Å². The van der Waals surface area contributed by atoms with Crippen molar-refractivity contribution in [2.75, 3.05) is 26.2 Å². The van der Waals surface area contributed by atoms with E-state index >= 15 is 0 Å². The van der Waals surface area contributed by atoms with Crippen LogP contribution in [0.2, 0.25) is 0 Å². The molecule has 0 bridgehead atoms. The third kappa shape index (κ3) is 2.91. The number of amides is 1. The van der Waals surface area contributed by atoms with Crippen molar-refractivity contribution in [1.82, 2.24) is 14.4 Å². The van der Waals surface area contributed by atoms with Gasteiger partial charge < -0.3 is 9.42 Å². The standard InChI is InChI=1S/C14H17N3O4S2/c1-10-13(11(2)21-15-10)23(19,20)17-7-5-16(6-8-17)14(18)12-4-3-9-22-12/h3-4,9H,5-8H2,1-2H3. The Bertz CT molecular complexity index is 784. The highest BCUT2D eigenvalue weighted by Gasteiger charge is 2.34. The van der Waals surface area contributed by atoms with E-state index in [0.29, 0.717) is 29.4 Å². The number of rotatable bonds is 3. The average Bonchev–Trinajstić information content (AvgIpc) is 3.17. The maximum atomic E-state index is 12.7. The Balaban J connectivity index is 1.73. The van der Waals surface area contributed by atoms with Crippen molar-refractivity contribution < 1.29 is 17.7 Å². The Morgan fingerprint density at radius 1 is 1.26 bits per heavy atom. The number of hydrogen-bond acceptors (Lipinski definition) is 6. The van der Waals surface area contributed by atoms with Gasteiger partial charge in [-0.3, -0.25) is 4.79 Å². The molecule has 0 unspecified atom stereocenters. The summed E-state index contributed by atoms with van der Waals surface area (Å²) in [4.78, 5) is 14.8.